The molecule has 4 heterocycles. The Morgan fingerprint density at radius 1 is 1.00 bits per heavy atom. The van der Waals surface area contributed by atoms with Gasteiger partial charge in [0, 0.05) is 32.8 Å². The van der Waals surface area contributed by atoms with Crippen molar-refractivity contribution >= 4 is 35.0 Å². The van der Waals surface area contributed by atoms with E-state index in [1.54, 1.807) is 32.9 Å². The zero-order chi connectivity index (χ0) is 26.4. The summed E-state index contributed by atoms with van der Waals surface area (Å²) in [5.74, 6) is -2.25. The van der Waals surface area contributed by atoms with Crippen LogP contribution in [0.5, 0.6) is 0 Å². The van der Waals surface area contributed by atoms with Gasteiger partial charge < -0.3 is 24.5 Å². The molecule has 3 amide bonds. The first-order valence-corrected chi connectivity index (χ1v) is 13.5. The Labute approximate surface area is 222 Å². The van der Waals surface area contributed by atoms with Gasteiger partial charge in [-0.25, -0.2) is 0 Å². The SMILES string of the molecule is CCCN1CC=C[C@]2(C)O[C@]34C=CCN(c5ccccc5Cl)C(=O)C3N(CCCCO)C(=O)[C@@H]4[C@@H]2C1=O. The Hall–Kier alpha value is -2.68. The van der Waals surface area contributed by atoms with Crippen molar-refractivity contribution in [3.8, 4) is 0 Å². The number of benzene rings is 1. The number of hydrogen-bond donors (Lipinski definition) is 1. The molecule has 2 fully saturated rings. The highest BCUT2D eigenvalue weighted by atomic mass is 35.5. The van der Waals surface area contributed by atoms with Gasteiger partial charge in [0.2, 0.25) is 11.8 Å². The molecule has 0 radical (unpaired) electrons. The second kappa shape index (κ2) is 9.89. The summed E-state index contributed by atoms with van der Waals surface area (Å²) in [7, 11) is 0. The zero-order valence-corrected chi connectivity index (χ0v) is 22.1. The normalized spacial score (nSPS) is 32.9. The maximum Gasteiger partial charge on any atom is 0.253 e. The van der Waals surface area contributed by atoms with Gasteiger partial charge in [-0.3, -0.25) is 14.4 Å². The van der Waals surface area contributed by atoms with E-state index in [0.29, 0.717) is 36.6 Å². The Kier molecular flexibility index (Phi) is 6.94. The molecule has 9 heteroatoms. The van der Waals surface area contributed by atoms with E-state index in [1.807, 2.05) is 44.2 Å². The van der Waals surface area contributed by atoms with Crippen molar-refractivity contribution in [2.45, 2.75) is 50.4 Å². The lowest BCUT2D eigenvalue weighted by Gasteiger charge is -2.37. The van der Waals surface area contributed by atoms with Crippen molar-refractivity contribution in [1.82, 2.24) is 9.80 Å². The molecule has 198 valence electrons. The van der Waals surface area contributed by atoms with Crippen LogP contribution < -0.4 is 4.90 Å². The minimum absolute atomic E-state index is 0.00663. The fourth-order valence-corrected chi connectivity index (χ4v) is 6.80. The highest BCUT2D eigenvalue weighted by molar-refractivity contribution is 6.34. The fourth-order valence-electron chi connectivity index (χ4n) is 6.56. The standard InChI is InChI=1S/C28H34ClN3O5/c1-3-14-30-15-8-12-27(2)21(24(30)34)22-25(35)32(16-6-7-18-33)23-26(36)31(17-9-13-28(22,23)37-27)20-11-5-4-10-19(20)29/h4-5,8-13,21-23,33H,3,6-7,14-18H2,1-2H3/t21-,22+,23?,27+,28+/m1/s1. The number of amides is 3. The van der Waals surface area contributed by atoms with E-state index in [-0.39, 0.29) is 37.4 Å². The van der Waals surface area contributed by atoms with E-state index in [4.69, 9.17) is 16.3 Å². The predicted molar refractivity (Wildman–Crippen MR) is 140 cm³/mol. The third-order valence-corrected chi connectivity index (χ3v) is 8.40. The van der Waals surface area contributed by atoms with Crippen LogP contribution in [0.15, 0.2) is 48.6 Å². The topological polar surface area (TPSA) is 90.4 Å². The van der Waals surface area contributed by atoms with Gasteiger partial charge >= 0.3 is 0 Å². The second-order valence-corrected chi connectivity index (χ2v) is 10.9. The number of para-hydroxylation sites is 1. The van der Waals surface area contributed by atoms with Gasteiger partial charge in [0.1, 0.15) is 11.6 Å². The number of nitrogens with zero attached hydrogens (tertiary/aromatic N) is 3. The number of hydrogen-bond acceptors (Lipinski definition) is 5. The molecule has 37 heavy (non-hydrogen) atoms. The highest BCUT2D eigenvalue weighted by Gasteiger charge is 2.74. The third-order valence-electron chi connectivity index (χ3n) is 8.08. The number of ether oxygens (including phenoxy) is 1. The van der Waals surface area contributed by atoms with Crippen molar-refractivity contribution in [2.75, 3.05) is 37.7 Å². The summed E-state index contributed by atoms with van der Waals surface area (Å²) in [5, 5.41) is 9.80. The van der Waals surface area contributed by atoms with Crippen molar-refractivity contribution < 1.29 is 24.2 Å². The fraction of sp³-hybridized carbons (Fsp3) is 0.536. The highest BCUT2D eigenvalue weighted by Crippen LogP contribution is 2.57. The Bertz CT molecular complexity index is 1150. The molecule has 1 aromatic rings. The summed E-state index contributed by atoms with van der Waals surface area (Å²) in [6.45, 7) is 5.47. The molecule has 5 atom stereocenters. The van der Waals surface area contributed by atoms with E-state index in [2.05, 4.69) is 0 Å². The summed E-state index contributed by atoms with van der Waals surface area (Å²) < 4.78 is 6.80. The van der Waals surface area contributed by atoms with Crippen LogP contribution in [0, 0.1) is 11.8 Å². The van der Waals surface area contributed by atoms with Crippen LogP contribution in [0.25, 0.3) is 0 Å². The Morgan fingerprint density at radius 2 is 1.76 bits per heavy atom. The van der Waals surface area contributed by atoms with Crippen molar-refractivity contribution in [3.05, 3.63) is 53.6 Å². The predicted octanol–water partition coefficient (Wildman–Crippen LogP) is 2.79. The van der Waals surface area contributed by atoms with E-state index >= 15 is 0 Å². The molecule has 0 aromatic heterocycles. The number of fused-ring (bicyclic) bond motifs is 2. The molecular weight excluding hydrogens is 494 g/mol. The molecule has 1 N–H and O–H groups in total. The van der Waals surface area contributed by atoms with E-state index in [1.165, 1.54) is 0 Å². The smallest absolute Gasteiger partial charge is 0.253 e. The molecule has 1 aromatic carbocycles. The number of halogens is 1. The molecule has 0 aliphatic carbocycles. The van der Waals surface area contributed by atoms with Crippen LogP contribution in [-0.4, -0.2) is 82.7 Å². The van der Waals surface area contributed by atoms with E-state index in [9.17, 15) is 19.5 Å². The lowest BCUT2D eigenvalue weighted by Crippen LogP contribution is -2.56. The van der Waals surface area contributed by atoms with Gasteiger partial charge in [0.15, 0.2) is 0 Å². The summed E-state index contributed by atoms with van der Waals surface area (Å²) in [4.78, 5) is 47.4. The summed E-state index contributed by atoms with van der Waals surface area (Å²) >= 11 is 6.48. The maximum absolute atomic E-state index is 14.3. The largest absolute Gasteiger partial charge is 0.396 e. The van der Waals surface area contributed by atoms with Crippen LogP contribution in [0.2, 0.25) is 5.02 Å². The Morgan fingerprint density at radius 3 is 2.49 bits per heavy atom. The monoisotopic (exact) mass is 527 g/mol. The summed E-state index contributed by atoms with van der Waals surface area (Å²) in [5.41, 5.74) is -1.76. The minimum atomic E-state index is -1.29. The van der Waals surface area contributed by atoms with Gasteiger partial charge in [-0.05, 0) is 38.3 Å². The number of carbonyl (C=O) groups is 3. The minimum Gasteiger partial charge on any atom is -0.396 e. The number of aliphatic hydroxyl groups is 1. The molecule has 5 rings (SSSR count). The maximum atomic E-state index is 14.3. The molecular formula is C28H34ClN3O5. The van der Waals surface area contributed by atoms with Gasteiger partial charge in [0.25, 0.3) is 5.91 Å². The average molecular weight is 528 g/mol. The molecule has 0 bridgehead atoms. The first kappa shape index (κ1) is 25.9. The number of rotatable bonds is 7. The number of unbranched alkanes of at least 4 members (excludes halogenated alkanes) is 1. The first-order chi connectivity index (χ1) is 17.8. The van der Waals surface area contributed by atoms with E-state index in [0.717, 1.165) is 6.42 Å². The summed E-state index contributed by atoms with van der Waals surface area (Å²) in [6.07, 6.45) is 9.35. The zero-order valence-electron chi connectivity index (χ0n) is 21.3. The van der Waals surface area contributed by atoms with Gasteiger partial charge in [-0.15, -0.1) is 0 Å². The van der Waals surface area contributed by atoms with Gasteiger partial charge in [-0.1, -0.05) is 55.0 Å². The third kappa shape index (κ3) is 4.01. The van der Waals surface area contributed by atoms with Gasteiger partial charge in [0.05, 0.1) is 28.1 Å². The van der Waals surface area contributed by atoms with Crippen molar-refractivity contribution in [1.29, 1.82) is 0 Å². The first-order valence-electron chi connectivity index (χ1n) is 13.1. The number of anilines is 1. The second-order valence-electron chi connectivity index (χ2n) is 10.4. The summed E-state index contributed by atoms with van der Waals surface area (Å²) in [6, 6.07) is 6.18. The van der Waals surface area contributed by atoms with Crippen molar-refractivity contribution in [2.24, 2.45) is 11.8 Å². The molecule has 1 spiro atoms. The average Bonchev–Trinajstić information content (AvgIpc) is 3.13. The molecule has 0 saturated carbocycles. The lowest BCUT2D eigenvalue weighted by molar-refractivity contribution is -0.148. The van der Waals surface area contributed by atoms with E-state index < -0.39 is 29.1 Å². The van der Waals surface area contributed by atoms with Crippen LogP contribution in [0.1, 0.15) is 33.1 Å². The quantitative estimate of drug-likeness (QED) is 0.435. The van der Waals surface area contributed by atoms with Crippen LogP contribution >= 0.6 is 11.6 Å². The molecule has 4 aliphatic heterocycles. The lowest BCUT2D eigenvalue weighted by atomic mass is 9.74. The van der Waals surface area contributed by atoms with Crippen LogP contribution in [0.3, 0.4) is 0 Å². The number of aliphatic hydroxyl groups excluding tert-OH is 1. The Balaban J connectivity index is 1.62. The number of likely N-dealkylation sites (tertiary alicyclic amines) is 1. The molecule has 4 aliphatic rings. The molecule has 8 nitrogen and oxygen atoms in total. The van der Waals surface area contributed by atoms with Crippen molar-refractivity contribution in [3.63, 3.8) is 0 Å². The molecule has 2 saturated heterocycles. The van der Waals surface area contributed by atoms with Crippen LogP contribution in [0.4, 0.5) is 5.69 Å². The van der Waals surface area contributed by atoms with Gasteiger partial charge in [-0.2, -0.15) is 0 Å². The van der Waals surface area contributed by atoms with Crippen LogP contribution in [-0.2, 0) is 19.1 Å². The molecule has 1 unspecified atom stereocenters. The number of carbonyl (C=O) groups excluding carboxylic acids is 3.